The molecular weight excluding hydrogens is 376 g/mol. The highest BCUT2D eigenvalue weighted by atomic mass is 16.2. The summed E-state index contributed by atoms with van der Waals surface area (Å²) in [5.41, 5.74) is 5.06. The maximum absolute atomic E-state index is 12.5. The molecule has 1 saturated heterocycles. The van der Waals surface area contributed by atoms with Crippen LogP contribution in [0.2, 0.25) is 0 Å². The summed E-state index contributed by atoms with van der Waals surface area (Å²) in [6.45, 7) is 7.83. The fourth-order valence-corrected chi connectivity index (χ4v) is 4.24. The van der Waals surface area contributed by atoms with Crippen LogP contribution in [0.5, 0.6) is 0 Å². The summed E-state index contributed by atoms with van der Waals surface area (Å²) in [7, 11) is 0. The van der Waals surface area contributed by atoms with Crippen molar-refractivity contribution >= 4 is 23.2 Å². The quantitative estimate of drug-likeness (QED) is 0.823. The zero-order valence-corrected chi connectivity index (χ0v) is 17.8. The third-order valence-corrected chi connectivity index (χ3v) is 5.77. The first-order chi connectivity index (χ1) is 14.3. The molecule has 6 nitrogen and oxygen atoms in total. The van der Waals surface area contributed by atoms with Crippen LogP contribution in [0.3, 0.4) is 0 Å². The van der Waals surface area contributed by atoms with Gasteiger partial charge in [-0.25, -0.2) is 0 Å². The first-order valence-corrected chi connectivity index (χ1v) is 10.4. The number of piperidine rings is 1. The maximum atomic E-state index is 12.5. The molecule has 0 aliphatic carbocycles. The van der Waals surface area contributed by atoms with Gasteiger partial charge in [-0.2, -0.15) is 0 Å². The van der Waals surface area contributed by atoms with E-state index in [2.05, 4.69) is 21.6 Å². The van der Waals surface area contributed by atoms with E-state index in [0.717, 1.165) is 27.9 Å². The second-order valence-electron chi connectivity index (χ2n) is 8.51. The van der Waals surface area contributed by atoms with Crippen molar-refractivity contribution in [3.63, 3.8) is 0 Å². The van der Waals surface area contributed by atoms with E-state index in [-0.39, 0.29) is 11.8 Å². The van der Waals surface area contributed by atoms with Gasteiger partial charge in [0, 0.05) is 37.2 Å². The Balaban J connectivity index is 1.36. The molecule has 0 bridgehead atoms. The number of hydrogen-bond acceptors (Lipinski definition) is 4. The molecule has 0 atom stereocenters. The predicted octanol–water partition coefficient (Wildman–Crippen LogP) is 2.96. The number of nitrogens with one attached hydrogen (secondary N) is 2. The highest BCUT2D eigenvalue weighted by Gasteiger charge is 2.42. The van der Waals surface area contributed by atoms with Crippen LogP contribution in [-0.4, -0.2) is 47.7 Å². The van der Waals surface area contributed by atoms with Crippen molar-refractivity contribution < 1.29 is 9.59 Å². The van der Waals surface area contributed by atoms with Gasteiger partial charge in [-0.3, -0.25) is 19.5 Å². The van der Waals surface area contributed by atoms with E-state index in [1.54, 1.807) is 0 Å². The topological polar surface area (TPSA) is 73.8 Å². The van der Waals surface area contributed by atoms with Crippen LogP contribution >= 0.6 is 0 Å². The fourth-order valence-electron chi connectivity index (χ4n) is 4.24. The lowest BCUT2D eigenvalue weighted by Gasteiger charge is -2.36. The van der Waals surface area contributed by atoms with Gasteiger partial charge in [0.15, 0.2) is 0 Å². The summed E-state index contributed by atoms with van der Waals surface area (Å²) in [5, 5.41) is 6.08. The summed E-state index contributed by atoms with van der Waals surface area (Å²) in [5.74, 6) is -0.130. The highest BCUT2D eigenvalue weighted by molar-refractivity contribution is 6.46. The van der Waals surface area contributed by atoms with Crippen LogP contribution in [0.4, 0.5) is 5.69 Å². The van der Waals surface area contributed by atoms with E-state index in [1.165, 1.54) is 0 Å². The summed E-state index contributed by atoms with van der Waals surface area (Å²) >= 11 is 0. The zero-order chi connectivity index (χ0) is 21.3. The van der Waals surface area contributed by atoms with Crippen LogP contribution < -0.4 is 10.6 Å². The lowest BCUT2D eigenvalue weighted by molar-refractivity contribution is -0.119. The Morgan fingerprint density at radius 3 is 2.30 bits per heavy atom. The lowest BCUT2D eigenvalue weighted by Crippen LogP contribution is -2.52. The SMILES string of the molecule is Cc1ccc(C2=NC3(CCN(CC(=O)Nc4cc(C)cc(C)c4)CC3)NC2=O)cc1. The van der Waals surface area contributed by atoms with Crippen molar-refractivity contribution in [1.29, 1.82) is 0 Å². The van der Waals surface area contributed by atoms with Crippen molar-refractivity contribution in [2.75, 3.05) is 25.0 Å². The standard InChI is InChI=1S/C24H28N4O2/c1-16-4-6-19(7-5-16)22-23(30)27-24(26-22)8-10-28(11-9-24)15-21(29)25-20-13-17(2)12-18(3)14-20/h4-7,12-14H,8-11,15H2,1-3H3,(H,25,29)(H,27,30). The average molecular weight is 405 g/mol. The summed E-state index contributed by atoms with van der Waals surface area (Å²) < 4.78 is 0. The number of likely N-dealkylation sites (tertiary alicyclic amines) is 1. The monoisotopic (exact) mass is 404 g/mol. The zero-order valence-electron chi connectivity index (χ0n) is 17.8. The van der Waals surface area contributed by atoms with Crippen LogP contribution in [0.15, 0.2) is 47.5 Å². The molecule has 6 heteroatoms. The largest absolute Gasteiger partial charge is 0.326 e. The summed E-state index contributed by atoms with van der Waals surface area (Å²) in [6, 6.07) is 13.9. The summed E-state index contributed by atoms with van der Waals surface area (Å²) in [4.78, 5) is 31.9. The first-order valence-electron chi connectivity index (χ1n) is 10.4. The van der Waals surface area contributed by atoms with Crippen molar-refractivity contribution in [3.8, 4) is 0 Å². The van der Waals surface area contributed by atoms with E-state index in [4.69, 9.17) is 4.99 Å². The van der Waals surface area contributed by atoms with E-state index in [9.17, 15) is 9.59 Å². The normalized spacial score (nSPS) is 18.2. The molecule has 2 aromatic carbocycles. The number of amides is 2. The van der Waals surface area contributed by atoms with E-state index in [1.807, 2.05) is 57.2 Å². The van der Waals surface area contributed by atoms with E-state index < -0.39 is 5.66 Å². The molecule has 0 saturated carbocycles. The second-order valence-corrected chi connectivity index (χ2v) is 8.51. The smallest absolute Gasteiger partial charge is 0.272 e. The molecule has 0 aromatic heterocycles. The number of carbonyl (C=O) groups excluding carboxylic acids is 2. The molecule has 2 aliphatic rings. The molecule has 4 rings (SSSR count). The molecule has 2 aromatic rings. The van der Waals surface area contributed by atoms with Gasteiger partial charge in [0.1, 0.15) is 11.4 Å². The molecule has 2 amide bonds. The van der Waals surface area contributed by atoms with Gasteiger partial charge in [0.25, 0.3) is 5.91 Å². The Bertz CT molecular complexity index is 982. The number of hydrogen-bond donors (Lipinski definition) is 2. The van der Waals surface area contributed by atoms with Crippen molar-refractivity contribution in [1.82, 2.24) is 10.2 Å². The molecule has 1 fully saturated rings. The van der Waals surface area contributed by atoms with Crippen LogP contribution in [0.1, 0.15) is 35.1 Å². The van der Waals surface area contributed by atoms with Crippen LogP contribution in [0, 0.1) is 20.8 Å². The minimum atomic E-state index is -0.544. The average Bonchev–Trinajstić information content (AvgIpc) is 2.99. The molecule has 0 radical (unpaired) electrons. The molecular formula is C24H28N4O2. The second kappa shape index (κ2) is 8.03. The van der Waals surface area contributed by atoms with Crippen LogP contribution in [0.25, 0.3) is 0 Å². The van der Waals surface area contributed by atoms with Gasteiger partial charge < -0.3 is 10.6 Å². The number of rotatable bonds is 4. The Morgan fingerprint density at radius 1 is 1.03 bits per heavy atom. The van der Waals surface area contributed by atoms with Crippen molar-refractivity contribution in [2.45, 2.75) is 39.3 Å². The number of anilines is 1. The molecule has 1 spiro atoms. The molecule has 0 unspecified atom stereocenters. The molecule has 2 heterocycles. The molecule has 2 aliphatic heterocycles. The van der Waals surface area contributed by atoms with E-state index in [0.29, 0.717) is 38.2 Å². The van der Waals surface area contributed by atoms with Gasteiger partial charge >= 0.3 is 0 Å². The van der Waals surface area contributed by atoms with Gasteiger partial charge in [-0.15, -0.1) is 0 Å². The number of aliphatic imine (C=N–C) groups is 1. The fraction of sp³-hybridized carbons (Fsp3) is 0.375. The van der Waals surface area contributed by atoms with Crippen LogP contribution in [-0.2, 0) is 9.59 Å². The van der Waals surface area contributed by atoms with Gasteiger partial charge in [-0.1, -0.05) is 35.9 Å². The number of nitrogens with zero attached hydrogens (tertiary/aromatic N) is 2. The molecule has 156 valence electrons. The summed E-state index contributed by atoms with van der Waals surface area (Å²) in [6.07, 6.45) is 1.40. The number of benzene rings is 2. The highest BCUT2D eigenvalue weighted by Crippen LogP contribution is 2.29. The first kappa shape index (κ1) is 20.3. The van der Waals surface area contributed by atoms with Crippen molar-refractivity contribution in [2.24, 2.45) is 4.99 Å². The Morgan fingerprint density at radius 2 is 1.67 bits per heavy atom. The minimum Gasteiger partial charge on any atom is -0.326 e. The maximum Gasteiger partial charge on any atom is 0.272 e. The predicted molar refractivity (Wildman–Crippen MR) is 119 cm³/mol. The Kier molecular flexibility index (Phi) is 5.43. The Labute approximate surface area is 177 Å². The van der Waals surface area contributed by atoms with Gasteiger partial charge in [0.05, 0.1) is 6.54 Å². The van der Waals surface area contributed by atoms with Gasteiger partial charge in [-0.05, 0) is 44.0 Å². The van der Waals surface area contributed by atoms with Gasteiger partial charge in [0.2, 0.25) is 5.91 Å². The third-order valence-electron chi connectivity index (χ3n) is 5.77. The lowest BCUT2D eigenvalue weighted by atomic mass is 9.98. The van der Waals surface area contributed by atoms with Crippen molar-refractivity contribution in [3.05, 3.63) is 64.7 Å². The van der Waals surface area contributed by atoms with E-state index >= 15 is 0 Å². The minimum absolute atomic E-state index is 0.0183. The number of aryl methyl sites for hydroxylation is 3. The number of carbonyl (C=O) groups is 2. The Hall–Kier alpha value is -2.99. The molecule has 2 N–H and O–H groups in total. The molecule has 30 heavy (non-hydrogen) atoms. The third kappa shape index (κ3) is 4.44.